The molecule has 0 saturated carbocycles. The van der Waals surface area contributed by atoms with Gasteiger partial charge in [-0.2, -0.15) is 0 Å². The number of phenolic OH excluding ortho intramolecular Hbond substituents is 1. The van der Waals surface area contributed by atoms with Gasteiger partial charge in [-0.25, -0.2) is 0 Å². The van der Waals surface area contributed by atoms with Gasteiger partial charge in [0.15, 0.2) is 0 Å². The van der Waals surface area contributed by atoms with E-state index in [0.717, 1.165) is 45.4 Å². The molecule has 0 aliphatic carbocycles. The van der Waals surface area contributed by atoms with E-state index in [9.17, 15) is 9.90 Å². The van der Waals surface area contributed by atoms with Crippen molar-refractivity contribution in [3.63, 3.8) is 0 Å². The van der Waals surface area contributed by atoms with Crippen LogP contribution in [-0.4, -0.2) is 53.6 Å². The summed E-state index contributed by atoms with van der Waals surface area (Å²) >= 11 is 0. The molecule has 2 aliphatic rings. The van der Waals surface area contributed by atoms with Gasteiger partial charge in [0.2, 0.25) is 0 Å². The Balaban J connectivity index is 1.39. The topological polar surface area (TPSA) is 53.0 Å². The van der Waals surface area contributed by atoms with Crippen molar-refractivity contribution in [1.82, 2.24) is 9.80 Å². The van der Waals surface area contributed by atoms with Crippen LogP contribution in [0.4, 0.5) is 0 Å². The zero-order valence-electron chi connectivity index (χ0n) is 15.7. The second-order valence-electron chi connectivity index (χ2n) is 7.40. The van der Waals surface area contributed by atoms with Crippen LogP contribution in [0.3, 0.4) is 0 Å². The van der Waals surface area contributed by atoms with Gasteiger partial charge >= 0.3 is 0 Å². The van der Waals surface area contributed by atoms with Gasteiger partial charge in [-0.3, -0.25) is 9.69 Å². The summed E-state index contributed by atoms with van der Waals surface area (Å²) in [6.07, 6.45) is 3.05. The van der Waals surface area contributed by atoms with Crippen molar-refractivity contribution in [2.45, 2.75) is 31.8 Å². The molecular weight excluding hydrogens is 340 g/mol. The summed E-state index contributed by atoms with van der Waals surface area (Å²) < 4.78 is 5.18. The van der Waals surface area contributed by atoms with Crippen LogP contribution < -0.4 is 4.74 Å². The molecule has 2 heterocycles. The van der Waals surface area contributed by atoms with Crippen LogP contribution in [0.5, 0.6) is 11.5 Å². The lowest BCUT2D eigenvalue weighted by Crippen LogP contribution is -2.48. The predicted octanol–water partition coefficient (Wildman–Crippen LogP) is 3.06. The number of methoxy groups -OCH3 is 1. The first kappa shape index (κ1) is 17.9. The lowest BCUT2D eigenvalue weighted by molar-refractivity contribution is 0.0596. The van der Waals surface area contributed by atoms with Gasteiger partial charge in [-0.15, -0.1) is 0 Å². The molecule has 0 radical (unpaired) electrons. The van der Waals surface area contributed by atoms with Gasteiger partial charge in [0.1, 0.15) is 11.5 Å². The highest BCUT2D eigenvalue weighted by Crippen LogP contribution is 2.28. The summed E-state index contributed by atoms with van der Waals surface area (Å²) in [6, 6.07) is 14.0. The minimum Gasteiger partial charge on any atom is -0.507 e. The molecule has 1 amide bonds. The predicted molar refractivity (Wildman–Crippen MR) is 104 cm³/mol. The fourth-order valence-corrected chi connectivity index (χ4v) is 4.25. The molecule has 142 valence electrons. The molecule has 5 nitrogen and oxygen atoms in total. The van der Waals surface area contributed by atoms with E-state index in [1.54, 1.807) is 19.2 Å². The molecule has 1 N–H and O–H groups in total. The molecular formula is C22H26N2O3. The maximum atomic E-state index is 12.8. The van der Waals surface area contributed by atoms with Crippen molar-refractivity contribution < 1.29 is 14.6 Å². The Bertz CT molecular complexity index is 828. The highest BCUT2D eigenvalue weighted by molar-refractivity contribution is 5.97. The van der Waals surface area contributed by atoms with E-state index in [1.807, 2.05) is 4.90 Å². The van der Waals surface area contributed by atoms with Crippen LogP contribution in [0, 0.1) is 0 Å². The van der Waals surface area contributed by atoms with E-state index in [4.69, 9.17) is 4.74 Å². The van der Waals surface area contributed by atoms with Crippen LogP contribution >= 0.6 is 0 Å². The van der Waals surface area contributed by atoms with Gasteiger partial charge in [0, 0.05) is 32.2 Å². The fraction of sp³-hybridized carbons (Fsp3) is 0.409. The third-order valence-electron chi connectivity index (χ3n) is 5.86. The number of aromatic hydroxyl groups is 1. The third-order valence-corrected chi connectivity index (χ3v) is 5.86. The summed E-state index contributed by atoms with van der Waals surface area (Å²) in [5.41, 5.74) is 3.22. The van der Waals surface area contributed by atoms with E-state index in [0.29, 0.717) is 17.4 Å². The van der Waals surface area contributed by atoms with Gasteiger partial charge in [-0.05, 0) is 48.6 Å². The molecule has 27 heavy (non-hydrogen) atoms. The number of phenols is 1. The zero-order valence-corrected chi connectivity index (χ0v) is 15.7. The van der Waals surface area contributed by atoms with E-state index < -0.39 is 0 Å². The molecule has 0 aromatic heterocycles. The minimum atomic E-state index is -0.117. The average molecular weight is 366 g/mol. The standard InChI is InChI=1S/C22H26N2O3/c1-27-19-6-7-21(25)20(14-19)22(26)23-12-9-18(10-13-23)24-11-8-16-4-2-3-5-17(16)15-24/h2-7,14,18,25H,8-13,15H2,1H3. The Labute approximate surface area is 160 Å². The van der Waals surface area contributed by atoms with Crippen LogP contribution in [0.15, 0.2) is 42.5 Å². The number of piperidine rings is 1. The van der Waals surface area contributed by atoms with Crippen LogP contribution in [0.1, 0.15) is 34.3 Å². The largest absolute Gasteiger partial charge is 0.507 e. The molecule has 2 aromatic rings. The molecule has 0 spiro atoms. The minimum absolute atomic E-state index is 0.00978. The first-order valence-electron chi connectivity index (χ1n) is 9.63. The second kappa shape index (κ2) is 7.61. The number of ether oxygens (including phenoxy) is 1. The Morgan fingerprint density at radius 3 is 2.56 bits per heavy atom. The summed E-state index contributed by atoms with van der Waals surface area (Å²) in [5.74, 6) is 0.474. The molecule has 1 saturated heterocycles. The van der Waals surface area contributed by atoms with Crippen molar-refractivity contribution in [2.24, 2.45) is 0 Å². The Kier molecular flexibility index (Phi) is 5.03. The van der Waals surface area contributed by atoms with Gasteiger partial charge < -0.3 is 14.7 Å². The van der Waals surface area contributed by atoms with Crippen molar-refractivity contribution in [1.29, 1.82) is 0 Å². The van der Waals surface area contributed by atoms with Crippen LogP contribution in [0.25, 0.3) is 0 Å². The van der Waals surface area contributed by atoms with Crippen molar-refractivity contribution in [3.8, 4) is 11.5 Å². The molecule has 2 aromatic carbocycles. The lowest BCUT2D eigenvalue weighted by Gasteiger charge is -2.40. The first-order chi connectivity index (χ1) is 13.2. The number of amides is 1. The number of carbonyl (C=O) groups is 1. The second-order valence-corrected chi connectivity index (χ2v) is 7.40. The molecule has 1 fully saturated rings. The van der Waals surface area contributed by atoms with Crippen LogP contribution in [-0.2, 0) is 13.0 Å². The quantitative estimate of drug-likeness (QED) is 0.907. The number of nitrogens with zero attached hydrogens (tertiary/aromatic N) is 2. The first-order valence-corrected chi connectivity index (χ1v) is 9.63. The molecule has 5 heteroatoms. The number of benzene rings is 2. The molecule has 4 rings (SSSR count). The monoisotopic (exact) mass is 366 g/mol. The van der Waals surface area contributed by atoms with E-state index in [2.05, 4.69) is 29.2 Å². The average Bonchev–Trinajstić information content (AvgIpc) is 2.73. The molecule has 0 atom stereocenters. The number of fused-ring (bicyclic) bond motifs is 1. The van der Waals surface area contributed by atoms with Crippen molar-refractivity contribution >= 4 is 5.91 Å². The number of rotatable bonds is 3. The maximum Gasteiger partial charge on any atom is 0.257 e. The van der Waals surface area contributed by atoms with Crippen molar-refractivity contribution in [2.75, 3.05) is 26.7 Å². The molecule has 2 aliphatic heterocycles. The van der Waals surface area contributed by atoms with E-state index in [1.165, 1.54) is 17.2 Å². The highest BCUT2D eigenvalue weighted by Gasteiger charge is 2.30. The number of carbonyl (C=O) groups excluding carboxylic acids is 1. The summed E-state index contributed by atoms with van der Waals surface area (Å²) in [4.78, 5) is 17.2. The zero-order chi connectivity index (χ0) is 18.8. The molecule has 0 unspecified atom stereocenters. The summed E-state index contributed by atoms with van der Waals surface area (Å²) in [7, 11) is 1.56. The number of hydrogen-bond acceptors (Lipinski definition) is 4. The lowest BCUT2D eigenvalue weighted by atomic mass is 9.95. The van der Waals surface area contributed by atoms with Gasteiger partial charge in [0.25, 0.3) is 5.91 Å². The SMILES string of the molecule is COc1ccc(O)c(C(=O)N2CCC(N3CCc4ccccc4C3)CC2)c1. The van der Waals surface area contributed by atoms with E-state index >= 15 is 0 Å². The third kappa shape index (κ3) is 3.65. The fourth-order valence-electron chi connectivity index (χ4n) is 4.25. The summed E-state index contributed by atoms with van der Waals surface area (Å²) in [5, 5.41) is 10.1. The smallest absolute Gasteiger partial charge is 0.257 e. The Hall–Kier alpha value is -2.53. The van der Waals surface area contributed by atoms with E-state index in [-0.39, 0.29) is 11.7 Å². The van der Waals surface area contributed by atoms with Gasteiger partial charge in [0.05, 0.1) is 12.7 Å². The van der Waals surface area contributed by atoms with Crippen molar-refractivity contribution in [3.05, 3.63) is 59.2 Å². The molecule has 0 bridgehead atoms. The summed E-state index contributed by atoms with van der Waals surface area (Å²) in [6.45, 7) is 3.54. The Morgan fingerprint density at radius 2 is 1.81 bits per heavy atom. The number of hydrogen-bond donors (Lipinski definition) is 1. The maximum absolute atomic E-state index is 12.8. The van der Waals surface area contributed by atoms with Gasteiger partial charge in [-0.1, -0.05) is 24.3 Å². The Morgan fingerprint density at radius 1 is 1.07 bits per heavy atom. The highest BCUT2D eigenvalue weighted by atomic mass is 16.5. The number of likely N-dealkylation sites (tertiary alicyclic amines) is 1. The van der Waals surface area contributed by atoms with Crippen LogP contribution in [0.2, 0.25) is 0 Å². The normalized spacial score (nSPS) is 18.2.